The molecule has 5 heteroatoms. The van der Waals surface area contributed by atoms with Crippen molar-refractivity contribution < 1.29 is 4.74 Å². The Balaban J connectivity index is 1.74. The lowest BCUT2D eigenvalue weighted by Gasteiger charge is -2.25. The summed E-state index contributed by atoms with van der Waals surface area (Å²) in [6, 6.07) is 17.4. The van der Waals surface area contributed by atoms with Crippen LogP contribution in [0.5, 0.6) is 5.75 Å². The van der Waals surface area contributed by atoms with Gasteiger partial charge in [0, 0.05) is 22.2 Å². The van der Waals surface area contributed by atoms with Crippen LogP contribution in [0.1, 0.15) is 30.1 Å². The standard InChI is InChI=1S/C25H25N3OS/c1-5-29-20-12-10-18(11-13-20)22-16(3)30-25-23(22)24(26-17(4)27-25)28-15(2)14-19-8-6-7-9-21(19)28/h6-13,15H,5,14H2,1-4H3. The number of thiophene rings is 1. The number of hydrogen-bond donors (Lipinski definition) is 0. The first kappa shape index (κ1) is 19.1. The largest absolute Gasteiger partial charge is 0.494 e. The van der Waals surface area contributed by atoms with E-state index in [1.54, 1.807) is 11.3 Å². The monoisotopic (exact) mass is 415 g/mol. The lowest BCUT2D eigenvalue weighted by atomic mass is 10.0. The molecule has 3 heterocycles. The minimum Gasteiger partial charge on any atom is -0.494 e. The molecule has 1 aliphatic heterocycles. The van der Waals surface area contributed by atoms with Crippen LogP contribution in [0.25, 0.3) is 21.3 Å². The highest BCUT2D eigenvalue weighted by Gasteiger charge is 2.31. The molecular weight excluding hydrogens is 390 g/mol. The van der Waals surface area contributed by atoms with E-state index < -0.39 is 0 Å². The van der Waals surface area contributed by atoms with Gasteiger partial charge in [0.2, 0.25) is 0 Å². The minimum absolute atomic E-state index is 0.355. The molecule has 0 amide bonds. The average molecular weight is 416 g/mol. The molecule has 0 fully saturated rings. The van der Waals surface area contributed by atoms with Crippen molar-refractivity contribution in [3.63, 3.8) is 0 Å². The molecular formula is C25H25N3OS. The molecule has 0 bridgehead atoms. The average Bonchev–Trinajstić information content (AvgIpc) is 3.23. The van der Waals surface area contributed by atoms with Crippen LogP contribution in [-0.4, -0.2) is 22.6 Å². The fourth-order valence-corrected chi connectivity index (χ4v) is 5.58. The normalized spacial score (nSPS) is 15.6. The van der Waals surface area contributed by atoms with Crippen molar-refractivity contribution in [1.82, 2.24) is 9.97 Å². The molecule has 0 aliphatic carbocycles. The first-order valence-electron chi connectivity index (χ1n) is 10.4. The molecule has 2 aromatic carbocycles. The lowest BCUT2D eigenvalue weighted by Crippen LogP contribution is -2.25. The fourth-order valence-electron chi connectivity index (χ4n) is 4.49. The highest BCUT2D eigenvalue weighted by atomic mass is 32.1. The van der Waals surface area contributed by atoms with Crippen LogP contribution in [0, 0.1) is 13.8 Å². The van der Waals surface area contributed by atoms with Crippen LogP contribution in [0.15, 0.2) is 48.5 Å². The van der Waals surface area contributed by atoms with Crippen LogP contribution in [0.3, 0.4) is 0 Å². The van der Waals surface area contributed by atoms with E-state index in [2.05, 4.69) is 55.1 Å². The minimum atomic E-state index is 0.355. The number of fused-ring (bicyclic) bond motifs is 2. The molecule has 0 radical (unpaired) electrons. The van der Waals surface area contributed by atoms with Gasteiger partial charge in [-0.2, -0.15) is 0 Å². The van der Waals surface area contributed by atoms with E-state index in [0.29, 0.717) is 12.6 Å². The van der Waals surface area contributed by atoms with Crippen molar-refractivity contribution in [3.05, 3.63) is 64.8 Å². The van der Waals surface area contributed by atoms with Crippen LogP contribution >= 0.6 is 11.3 Å². The van der Waals surface area contributed by atoms with E-state index in [1.165, 1.54) is 27.3 Å². The van der Waals surface area contributed by atoms with Gasteiger partial charge in [0.1, 0.15) is 22.2 Å². The molecule has 0 saturated heterocycles. The number of aromatic nitrogens is 2. The Morgan fingerprint density at radius 1 is 1.07 bits per heavy atom. The SMILES string of the molecule is CCOc1ccc(-c2c(C)sc3nc(C)nc(N4c5ccccc5CC4C)c23)cc1. The quantitative estimate of drug-likeness (QED) is 0.383. The highest BCUT2D eigenvalue weighted by molar-refractivity contribution is 7.19. The second-order valence-electron chi connectivity index (χ2n) is 7.82. The molecule has 1 unspecified atom stereocenters. The number of benzene rings is 2. The third-order valence-electron chi connectivity index (χ3n) is 5.71. The van der Waals surface area contributed by atoms with Gasteiger partial charge in [-0.3, -0.25) is 0 Å². The molecule has 1 atom stereocenters. The Morgan fingerprint density at radius 3 is 2.60 bits per heavy atom. The Hall–Kier alpha value is -2.92. The number of aryl methyl sites for hydroxylation is 2. The first-order chi connectivity index (χ1) is 14.6. The maximum Gasteiger partial charge on any atom is 0.146 e. The summed E-state index contributed by atoms with van der Waals surface area (Å²) >= 11 is 1.75. The Labute approximate surface area is 181 Å². The van der Waals surface area contributed by atoms with E-state index >= 15 is 0 Å². The summed E-state index contributed by atoms with van der Waals surface area (Å²) in [5, 5.41) is 1.15. The van der Waals surface area contributed by atoms with Gasteiger partial charge in [0.05, 0.1) is 12.0 Å². The topological polar surface area (TPSA) is 38.3 Å². The summed E-state index contributed by atoms with van der Waals surface area (Å²) in [4.78, 5) is 14.5. The van der Waals surface area contributed by atoms with Gasteiger partial charge in [0.15, 0.2) is 0 Å². The van der Waals surface area contributed by atoms with Crippen LogP contribution in [0.4, 0.5) is 11.5 Å². The Morgan fingerprint density at radius 2 is 1.83 bits per heavy atom. The number of anilines is 2. The molecule has 4 nitrogen and oxygen atoms in total. The molecule has 4 aromatic rings. The first-order valence-corrected chi connectivity index (χ1v) is 11.3. The van der Waals surface area contributed by atoms with Crippen LogP contribution in [-0.2, 0) is 6.42 Å². The summed E-state index contributed by atoms with van der Waals surface area (Å²) in [5.41, 5.74) is 5.04. The van der Waals surface area contributed by atoms with Crippen molar-refractivity contribution >= 4 is 33.1 Å². The van der Waals surface area contributed by atoms with E-state index in [0.717, 1.165) is 34.0 Å². The zero-order chi connectivity index (χ0) is 20.8. The molecule has 0 saturated carbocycles. The molecule has 0 spiro atoms. The third-order valence-corrected chi connectivity index (χ3v) is 6.71. The Bertz CT molecular complexity index is 1230. The molecule has 152 valence electrons. The van der Waals surface area contributed by atoms with Gasteiger partial charge in [-0.05, 0) is 63.4 Å². The van der Waals surface area contributed by atoms with Gasteiger partial charge in [-0.1, -0.05) is 30.3 Å². The van der Waals surface area contributed by atoms with Crippen molar-refractivity contribution in [2.45, 2.75) is 40.2 Å². The van der Waals surface area contributed by atoms with Crippen molar-refractivity contribution in [2.24, 2.45) is 0 Å². The molecule has 2 aromatic heterocycles. The fraction of sp³-hybridized carbons (Fsp3) is 0.280. The van der Waals surface area contributed by atoms with E-state index in [1.807, 2.05) is 26.0 Å². The van der Waals surface area contributed by atoms with Crippen LogP contribution < -0.4 is 9.64 Å². The van der Waals surface area contributed by atoms with Gasteiger partial charge >= 0.3 is 0 Å². The highest BCUT2D eigenvalue weighted by Crippen LogP contribution is 2.46. The summed E-state index contributed by atoms with van der Waals surface area (Å²) < 4.78 is 5.64. The van der Waals surface area contributed by atoms with Gasteiger partial charge in [-0.25, -0.2) is 9.97 Å². The molecule has 1 aliphatic rings. The second kappa shape index (κ2) is 7.40. The van der Waals surface area contributed by atoms with Crippen molar-refractivity contribution in [3.8, 4) is 16.9 Å². The zero-order valence-electron chi connectivity index (χ0n) is 17.8. The van der Waals surface area contributed by atoms with E-state index in [4.69, 9.17) is 14.7 Å². The van der Waals surface area contributed by atoms with Crippen molar-refractivity contribution in [1.29, 1.82) is 0 Å². The second-order valence-corrected chi connectivity index (χ2v) is 9.02. The van der Waals surface area contributed by atoms with E-state index in [9.17, 15) is 0 Å². The maximum absolute atomic E-state index is 5.64. The van der Waals surface area contributed by atoms with Crippen molar-refractivity contribution in [2.75, 3.05) is 11.5 Å². The van der Waals surface area contributed by atoms with Gasteiger partial charge in [-0.15, -0.1) is 11.3 Å². The smallest absolute Gasteiger partial charge is 0.146 e. The van der Waals surface area contributed by atoms with Crippen LogP contribution in [0.2, 0.25) is 0 Å². The molecule has 5 rings (SSSR count). The predicted molar refractivity (Wildman–Crippen MR) is 125 cm³/mol. The number of para-hydroxylation sites is 1. The third kappa shape index (κ3) is 3.05. The summed E-state index contributed by atoms with van der Waals surface area (Å²) in [6.45, 7) is 9.12. The van der Waals surface area contributed by atoms with Gasteiger partial charge in [0.25, 0.3) is 0 Å². The van der Waals surface area contributed by atoms with E-state index in [-0.39, 0.29) is 0 Å². The zero-order valence-corrected chi connectivity index (χ0v) is 18.6. The summed E-state index contributed by atoms with van der Waals surface area (Å²) in [5.74, 6) is 2.73. The summed E-state index contributed by atoms with van der Waals surface area (Å²) in [7, 11) is 0. The number of rotatable bonds is 4. The number of ether oxygens (including phenoxy) is 1. The Kier molecular flexibility index (Phi) is 4.70. The molecule has 0 N–H and O–H groups in total. The lowest BCUT2D eigenvalue weighted by molar-refractivity contribution is 0.340. The number of hydrogen-bond acceptors (Lipinski definition) is 5. The summed E-state index contributed by atoms with van der Waals surface area (Å²) in [6.07, 6.45) is 1.03. The molecule has 30 heavy (non-hydrogen) atoms. The number of nitrogens with zero attached hydrogens (tertiary/aromatic N) is 3. The van der Waals surface area contributed by atoms with Gasteiger partial charge < -0.3 is 9.64 Å². The maximum atomic E-state index is 5.64. The predicted octanol–water partition coefficient (Wildman–Crippen LogP) is 6.46.